The van der Waals surface area contributed by atoms with Crippen LogP contribution in [0.15, 0.2) is 0 Å². The van der Waals surface area contributed by atoms with E-state index >= 15 is 0 Å². The minimum atomic E-state index is -0.513. The van der Waals surface area contributed by atoms with E-state index in [1.54, 1.807) is 0 Å². The fraction of sp³-hybridized carbons (Fsp3) is 0.941. The molecule has 0 aromatic rings. The maximum Gasteiger partial charge on any atom is 0.313 e. The van der Waals surface area contributed by atoms with E-state index in [0.29, 0.717) is 38.5 Å². The van der Waals surface area contributed by atoms with Gasteiger partial charge in [-0.1, -0.05) is 20.8 Å². The zero-order chi connectivity index (χ0) is 15.3. The Morgan fingerprint density at radius 2 is 1.90 bits per heavy atom. The molecule has 3 unspecified atom stereocenters. The first-order valence-corrected chi connectivity index (χ1v) is 8.35. The maximum atomic E-state index is 12.8. The Balaban J connectivity index is 1.74. The normalized spacial score (nSPS) is 40.2. The third kappa shape index (κ3) is 2.06. The Bertz CT molecular complexity index is 428. The largest absolute Gasteiger partial charge is 0.461 e. The van der Waals surface area contributed by atoms with Crippen molar-refractivity contribution in [2.45, 2.75) is 59.0 Å². The summed E-state index contributed by atoms with van der Waals surface area (Å²) in [5.41, 5.74) is 5.79. The van der Waals surface area contributed by atoms with Crippen LogP contribution in [0.25, 0.3) is 0 Å². The topological polar surface area (TPSA) is 61.5 Å². The summed E-state index contributed by atoms with van der Waals surface area (Å²) >= 11 is 0. The molecule has 1 heterocycles. The smallest absolute Gasteiger partial charge is 0.313 e. The lowest BCUT2D eigenvalue weighted by atomic mass is 9.70. The molecule has 21 heavy (non-hydrogen) atoms. The van der Waals surface area contributed by atoms with Gasteiger partial charge in [-0.15, -0.1) is 0 Å². The number of esters is 1. The average molecular weight is 295 g/mol. The van der Waals surface area contributed by atoms with Crippen molar-refractivity contribution in [2.75, 3.05) is 19.8 Å². The molecule has 3 rings (SSSR count). The molecule has 120 valence electrons. The van der Waals surface area contributed by atoms with E-state index in [4.69, 9.17) is 15.2 Å². The monoisotopic (exact) mass is 295 g/mol. The van der Waals surface area contributed by atoms with Gasteiger partial charge in [0, 0.05) is 25.2 Å². The highest BCUT2D eigenvalue weighted by Gasteiger charge is 2.63. The Hall–Kier alpha value is -0.610. The van der Waals surface area contributed by atoms with Crippen molar-refractivity contribution in [2.24, 2.45) is 27.9 Å². The van der Waals surface area contributed by atoms with Crippen LogP contribution in [0.2, 0.25) is 0 Å². The summed E-state index contributed by atoms with van der Waals surface area (Å²) in [6.07, 6.45) is 4.91. The Morgan fingerprint density at radius 1 is 1.24 bits per heavy atom. The lowest BCUT2D eigenvalue weighted by Gasteiger charge is -2.41. The van der Waals surface area contributed by atoms with Crippen molar-refractivity contribution < 1.29 is 14.3 Å². The van der Waals surface area contributed by atoms with Crippen molar-refractivity contribution in [3.05, 3.63) is 0 Å². The van der Waals surface area contributed by atoms with Gasteiger partial charge < -0.3 is 15.2 Å². The molecule has 3 aliphatic rings. The van der Waals surface area contributed by atoms with E-state index in [9.17, 15) is 4.79 Å². The fourth-order valence-corrected chi connectivity index (χ4v) is 4.82. The Kier molecular flexibility index (Phi) is 3.61. The van der Waals surface area contributed by atoms with Crippen molar-refractivity contribution in [1.29, 1.82) is 0 Å². The maximum absolute atomic E-state index is 12.8. The summed E-state index contributed by atoms with van der Waals surface area (Å²) in [5.74, 6) is 0.603. The number of hydrogen-bond donors (Lipinski definition) is 1. The summed E-state index contributed by atoms with van der Waals surface area (Å²) in [7, 11) is 0. The van der Waals surface area contributed by atoms with Crippen LogP contribution in [0.4, 0.5) is 0 Å². The van der Waals surface area contributed by atoms with Crippen LogP contribution in [0.5, 0.6) is 0 Å². The van der Waals surface area contributed by atoms with Crippen LogP contribution in [0.3, 0.4) is 0 Å². The minimum absolute atomic E-state index is 0.0602. The highest BCUT2D eigenvalue weighted by molar-refractivity contribution is 5.77. The van der Waals surface area contributed by atoms with Gasteiger partial charge in [-0.2, -0.15) is 0 Å². The number of ether oxygens (including phenoxy) is 2. The highest BCUT2D eigenvalue weighted by Crippen LogP contribution is 2.66. The number of rotatable bonds is 3. The average Bonchev–Trinajstić information content (AvgIpc) is 2.81. The standard InChI is InChI=1S/C17H29NO3/c1-15(2)12-4-5-16(15,3)13(10-12)21-14(19)17(11-18)6-8-20-9-7-17/h12-13H,4-11,18H2,1-3H3. The predicted molar refractivity (Wildman–Crippen MR) is 80.6 cm³/mol. The molecule has 4 nitrogen and oxygen atoms in total. The van der Waals surface area contributed by atoms with Crippen molar-refractivity contribution >= 4 is 5.97 Å². The van der Waals surface area contributed by atoms with Gasteiger partial charge in [0.05, 0.1) is 5.41 Å². The van der Waals surface area contributed by atoms with Crippen LogP contribution in [0, 0.1) is 22.2 Å². The van der Waals surface area contributed by atoms with Crippen LogP contribution >= 0.6 is 0 Å². The zero-order valence-corrected chi connectivity index (χ0v) is 13.6. The van der Waals surface area contributed by atoms with Crippen LogP contribution in [0.1, 0.15) is 52.9 Å². The second-order valence-corrected chi connectivity index (χ2v) is 8.10. The molecule has 0 aromatic heterocycles. The molecule has 3 fully saturated rings. The second kappa shape index (κ2) is 4.95. The van der Waals surface area contributed by atoms with E-state index in [1.165, 1.54) is 12.8 Å². The van der Waals surface area contributed by atoms with Gasteiger partial charge in [0.1, 0.15) is 6.10 Å². The summed E-state index contributed by atoms with van der Waals surface area (Å²) in [6.45, 7) is 8.57. The summed E-state index contributed by atoms with van der Waals surface area (Å²) in [4.78, 5) is 12.8. The van der Waals surface area contributed by atoms with Gasteiger partial charge in [-0.3, -0.25) is 4.79 Å². The first-order valence-electron chi connectivity index (χ1n) is 8.35. The lowest BCUT2D eigenvalue weighted by molar-refractivity contribution is -0.174. The number of nitrogens with two attached hydrogens (primary N) is 1. The van der Waals surface area contributed by atoms with Gasteiger partial charge in [-0.25, -0.2) is 0 Å². The van der Waals surface area contributed by atoms with Crippen LogP contribution < -0.4 is 5.73 Å². The predicted octanol–water partition coefficient (Wildman–Crippen LogP) is 2.50. The quantitative estimate of drug-likeness (QED) is 0.813. The number of carbonyl (C=O) groups excluding carboxylic acids is 1. The first kappa shape index (κ1) is 15.3. The number of fused-ring (bicyclic) bond motifs is 2. The van der Waals surface area contributed by atoms with Gasteiger partial charge in [0.15, 0.2) is 0 Å². The zero-order valence-electron chi connectivity index (χ0n) is 13.6. The molecule has 0 aromatic carbocycles. The van der Waals surface area contributed by atoms with E-state index in [2.05, 4.69) is 20.8 Å². The van der Waals surface area contributed by atoms with Crippen LogP contribution in [-0.2, 0) is 14.3 Å². The van der Waals surface area contributed by atoms with E-state index in [0.717, 1.165) is 6.42 Å². The first-order chi connectivity index (χ1) is 9.86. The number of hydrogen-bond acceptors (Lipinski definition) is 4. The molecule has 0 amide bonds. The Labute approximate surface area is 127 Å². The fourth-order valence-electron chi connectivity index (χ4n) is 4.82. The SMILES string of the molecule is CC1(C)C2CCC1(C)C(OC(=O)C1(CN)CCOCC1)C2. The molecule has 2 aliphatic carbocycles. The van der Waals surface area contributed by atoms with Gasteiger partial charge >= 0.3 is 5.97 Å². The van der Waals surface area contributed by atoms with E-state index in [1.807, 2.05) is 0 Å². The molecule has 0 radical (unpaired) electrons. The van der Waals surface area contributed by atoms with E-state index < -0.39 is 5.41 Å². The van der Waals surface area contributed by atoms with Crippen molar-refractivity contribution in [1.82, 2.24) is 0 Å². The third-order valence-corrected chi connectivity index (χ3v) is 7.24. The summed E-state index contributed by atoms with van der Waals surface area (Å²) in [6, 6.07) is 0. The molecule has 4 heteroatoms. The summed E-state index contributed by atoms with van der Waals surface area (Å²) in [5, 5.41) is 0. The van der Waals surface area contributed by atoms with Gasteiger partial charge in [0.25, 0.3) is 0 Å². The Morgan fingerprint density at radius 3 is 2.38 bits per heavy atom. The lowest BCUT2D eigenvalue weighted by Crippen LogP contribution is -2.47. The highest BCUT2D eigenvalue weighted by atomic mass is 16.5. The van der Waals surface area contributed by atoms with Crippen molar-refractivity contribution in [3.8, 4) is 0 Å². The molecule has 3 atom stereocenters. The molecule has 2 N–H and O–H groups in total. The summed E-state index contributed by atoms with van der Waals surface area (Å²) < 4.78 is 11.4. The molecule has 1 saturated heterocycles. The molecule has 2 bridgehead atoms. The van der Waals surface area contributed by atoms with Gasteiger partial charge in [0.2, 0.25) is 0 Å². The minimum Gasteiger partial charge on any atom is -0.461 e. The molecule has 2 saturated carbocycles. The van der Waals surface area contributed by atoms with Crippen molar-refractivity contribution in [3.63, 3.8) is 0 Å². The second-order valence-electron chi connectivity index (χ2n) is 8.10. The van der Waals surface area contributed by atoms with Gasteiger partial charge in [-0.05, 0) is 43.4 Å². The molecule has 1 aliphatic heterocycles. The molecular weight excluding hydrogens is 266 g/mol. The third-order valence-electron chi connectivity index (χ3n) is 7.24. The molecular formula is C17H29NO3. The molecule has 0 spiro atoms. The number of carbonyl (C=O) groups is 1. The van der Waals surface area contributed by atoms with E-state index in [-0.39, 0.29) is 22.9 Å². The van der Waals surface area contributed by atoms with Crippen LogP contribution in [-0.4, -0.2) is 31.8 Å².